The van der Waals surface area contributed by atoms with Crippen LogP contribution in [0.2, 0.25) is 0 Å². The summed E-state index contributed by atoms with van der Waals surface area (Å²) in [4.78, 5) is 10.2. The van der Waals surface area contributed by atoms with Crippen LogP contribution in [0, 0.1) is 13.8 Å². The van der Waals surface area contributed by atoms with E-state index in [9.17, 15) is 5.11 Å². The summed E-state index contributed by atoms with van der Waals surface area (Å²) < 4.78 is 10.5. The van der Waals surface area contributed by atoms with Crippen LogP contribution in [0.15, 0.2) is 23.2 Å². The van der Waals surface area contributed by atoms with Crippen molar-refractivity contribution in [3.05, 3.63) is 39.3 Å². The van der Waals surface area contributed by atoms with Crippen molar-refractivity contribution in [2.75, 3.05) is 27.3 Å². The zero-order valence-corrected chi connectivity index (χ0v) is 20.1. The van der Waals surface area contributed by atoms with Crippen molar-refractivity contribution < 1.29 is 14.6 Å². The largest absolute Gasteiger partial charge is 0.497 e. The number of benzene rings is 1. The normalized spacial score (nSPS) is 12.1. The highest BCUT2D eigenvalue weighted by Crippen LogP contribution is 2.26. The van der Waals surface area contributed by atoms with Crippen LogP contribution in [0.25, 0.3) is 0 Å². The predicted molar refractivity (Wildman–Crippen MR) is 124 cm³/mol. The molecule has 0 saturated heterocycles. The average Bonchev–Trinajstić information content (AvgIpc) is 3.00. The first kappa shape index (κ1) is 24.4. The lowest BCUT2D eigenvalue weighted by Crippen LogP contribution is -2.39. The Labute approximate surface area is 187 Å². The number of thiazole rings is 1. The van der Waals surface area contributed by atoms with E-state index in [1.54, 1.807) is 43.8 Å². The fourth-order valence-corrected chi connectivity index (χ4v) is 3.41. The van der Waals surface area contributed by atoms with Crippen LogP contribution >= 0.6 is 35.3 Å². The molecule has 0 aliphatic heterocycles. The molecule has 1 aromatic heterocycles. The summed E-state index contributed by atoms with van der Waals surface area (Å²) in [6.07, 6.45) is -0.731. The molecule has 3 N–H and O–H groups in total. The Bertz CT molecular complexity index is 760. The fraction of sp³-hybridized carbons (Fsp3) is 0.474. The number of methoxy groups -OCH3 is 2. The molecular formula is C19H29IN4O3S. The van der Waals surface area contributed by atoms with E-state index in [1.165, 1.54) is 0 Å². The maximum absolute atomic E-state index is 10.5. The van der Waals surface area contributed by atoms with E-state index < -0.39 is 6.10 Å². The third-order valence-electron chi connectivity index (χ3n) is 3.95. The Hall–Kier alpha value is -1.59. The molecule has 0 spiro atoms. The van der Waals surface area contributed by atoms with E-state index in [-0.39, 0.29) is 24.0 Å². The summed E-state index contributed by atoms with van der Waals surface area (Å²) >= 11 is 1.65. The Morgan fingerprint density at radius 1 is 1.18 bits per heavy atom. The van der Waals surface area contributed by atoms with Gasteiger partial charge in [0.2, 0.25) is 0 Å². The molecule has 0 aliphatic carbocycles. The van der Waals surface area contributed by atoms with Gasteiger partial charge in [0.05, 0.1) is 37.6 Å². The molecule has 1 atom stereocenters. The lowest BCUT2D eigenvalue weighted by molar-refractivity contribution is 0.180. The third-order valence-corrected chi connectivity index (χ3v) is 5.00. The van der Waals surface area contributed by atoms with Gasteiger partial charge in [0.25, 0.3) is 0 Å². The van der Waals surface area contributed by atoms with Gasteiger partial charge in [0, 0.05) is 24.0 Å². The summed E-state index contributed by atoms with van der Waals surface area (Å²) in [5, 5.41) is 18.0. The minimum Gasteiger partial charge on any atom is -0.497 e. The molecule has 2 aromatic rings. The van der Waals surface area contributed by atoms with Crippen LogP contribution in [0.5, 0.6) is 11.5 Å². The Morgan fingerprint density at radius 3 is 2.32 bits per heavy atom. The minimum atomic E-state index is -0.731. The number of aliphatic hydroxyl groups excluding tert-OH is 1. The number of aromatic nitrogens is 1. The SMILES string of the molecule is CCNC(=NCc1sc(C)nc1C)NCC(O)c1cc(OC)cc(OC)c1.I. The van der Waals surface area contributed by atoms with Gasteiger partial charge in [-0.2, -0.15) is 0 Å². The van der Waals surface area contributed by atoms with E-state index >= 15 is 0 Å². The number of ether oxygens (including phenoxy) is 2. The van der Waals surface area contributed by atoms with Crippen LogP contribution in [-0.2, 0) is 6.54 Å². The molecule has 7 nitrogen and oxygen atoms in total. The first-order chi connectivity index (χ1) is 13.0. The van der Waals surface area contributed by atoms with Gasteiger partial charge in [-0.05, 0) is 38.5 Å². The van der Waals surface area contributed by atoms with E-state index in [0.29, 0.717) is 36.1 Å². The monoisotopic (exact) mass is 520 g/mol. The van der Waals surface area contributed by atoms with E-state index in [1.807, 2.05) is 20.8 Å². The number of guanidine groups is 1. The van der Waals surface area contributed by atoms with Gasteiger partial charge in [-0.1, -0.05) is 0 Å². The van der Waals surface area contributed by atoms with Gasteiger partial charge in [0.15, 0.2) is 5.96 Å². The second-order valence-electron chi connectivity index (χ2n) is 5.98. The molecule has 156 valence electrons. The number of aryl methyl sites for hydroxylation is 2. The quantitative estimate of drug-likeness (QED) is 0.282. The molecule has 0 bridgehead atoms. The first-order valence-corrected chi connectivity index (χ1v) is 9.64. The van der Waals surface area contributed by atoms with Gasteiger partial charge in [-0.25, -0.2) is 9.98 Å². The van der Waals surface area contributed by atoms with E-state index in [0.717, 1.165) is 22.1 Å². The van der Waals surface area contributed by atoms with Crippen LogP contribution < -0.4 is 20.1 Å². The summed E-state index contributed by atoms with van der Waals surface area (Å²) in [7, 11) is 3.17. The highest BCUT2D eigenvalue weighted by atomic mass is 127. The molecule has 0 saturated carbocycles. The molecule has 9 heteroatoms. The van der Waals surface area contributed by atoms with Crippen molar-refractivity contribution in [3.63, 3.8) is 0 Å². The molecule has 28 heavy (non-hydrogen) atoms. The molecule has 0 radical (unpaired) electrons. The lowest BCUT2D eigenvalue weighted by atomic mass is 10.1. The predicted octanol–water partition coefficient (Wildman–Crippen LogP) is 3.18. The molecular weight excluding hydrogens is 491 g/mol. The number of rotatable bonds is 8. The van der Waals surface area contributed by atoms with Crippen LogP contribution in [0.3, 0.4) is 0 Å². The van der Waals surface area contributed by atoms with Gasteiger partial charge < -0.3 is 25.2 Å². The van der Waals surface area contributed by atoms with Crippen molar-refractivity contribution >= 4 is 41.3 Å². The lowest BCUT2D eigenvalue weighted by Gasteiger charge is -2.17. The molecule has 0 aliphatic rings. The van der Waals surface area contributed by atoms with E-state index in [4.69, 9.17) is 9.47 Å². The summed E-state index contributed by atoms with van der Waals surface area (Å²) in [6, 6.07) is 5.36. The number of hydrogen-bond donors (Lipinski definition) is 3. The van der Waals surface area contributed by atoms with Crippen molar-refractivity contribution in [2.24, 2.45) is 4.99 Å². The van der Waals surface area contributed by atoms with Gasteiger partial charge in [-0.15, -0.1) is 35.3 Å². The maximum Gasteiger partial charge on any atom is 0.191 e. The second kappa shape index (κ2) is 12.1. The smallest absolute Gasteiger partial charge is 0.191 e. The molecule has 1 unspecified atom stereocenters. The van der Waals surface area contributed by atoms with Crippen molar-refractivity contribution in [3.8, 4) is 11.5 Å². The Kier molecular flexibility index (Phi) is 10.5. The van der Waals surface area contributed by atoms with Crippen molar-refractivity contribution in [1.29, 1.82) is 0 Å². The molecule has 0 fully saturated rings. The second-order valence-corrected chi connectivity index (χ2v) is 7.27. The summed E-state index contributed by atoms with van der Waals surface area (Å²) in [5.74, 6) is 1.93. The standard InChI is InChI=1S/C19H28N4O3S.HI/c1-6-20-19(22-11-18-12(2)23-13(3)27-18)21-10-17(24)14-7-15(25-4)9-16(8-14)26-5;/h7-9,17,24H,6,10-11H2,1-5H3,(H2,20,21,22);1H. The molecule has 1 aromatic carbocycles. The van der Waals surface area contributed by atoms with Crippen LogP contribution in [0.4, 0.5) is 0 Å². The third kappa shape index (κ3) is 7.10. The van der Waals surface area contributed by atoms with Gasteiger partial charge >= 0.3 is 0 Å². The summed E-state index contributed by atoms with van der Waals surface area (Å²) in [6.45, 7) is 7.58. The maximum atomic E-state index is 10.5. The van der Waals surface area contributed by atoms with Gasteiger partial charge in [-0.3, -0.25) is 0 Å². The van der Waals surface area contributed by atoms with Crippen molar-refractivity contribution in [2.45, 2.75) is 33.4 Å². The van der Waals surface area contributed by atoms with Gasteiger partial charge in [0.1, 0.15) is 11.5 Å². The topological polar surface area (TPSA) is 88.0 Å². The van der Waals surface area contributed by atoms with Crippen molar-refractivity contribution in [1.82, 2.24) is 15.6 Å². The molecule has 0 amide bonds. The molecule has 1 heterocycles. The first-order valence-electron chi connectivity index (χ1n) is 8.82. The Morgan fingerprint density at radius 2 is 1.82 bits per heavy atom. The summed E-state index contributed by atoms with van der Waals surface area (Å²) in [5.41, 5.74) is 1.73. The molecule has 2 rings (SSSR count). The van der Waals surface area contributed by atoms with E-state index in [2.05, 4.69) is 20.6 Å². The highest BCUT2D eigenvalue weighted by Gasteiger charge is 2.12. The number of aliphatic imine (C=N–C) groups is 1. The minimum absolute atomic E-state index is 0. The zero-order valence-electron chi connectivity index (χ0n) is 16.9. The Balaban J connectivity index is 0.00000392. The number of hydrogen-bond acceptors (Lipinski definition) is 6. The number of nitrogens with zero attached hydrogens (tertiary/aromatic N) is 2. The number of nitrogens with one attached hydrogen (secondary N) is 2. The number of halogens is 1. The highest BCUT2D eigenvalue weighted by molar-refractivity contribution is 14.0. The average molecular weight is 520 g/mol. The van der Waals surface area contributed by atoms with Crippen LogP contribution in [0.1, 0.15) is 34.2 Å². The number of aliphatic hydroxyl groups is 1. The zero-order chi connectivity index (χ0) is 19.8. The van der Waals surface area contributed by atoms with Crippen LogP contribution in [-0.4, -0.2) is 43.4 Å². The fourth-order valence-electron chi connectivity index (χ4n) is 2.55.